The fourth-order valence-corrected chi connectivity index (χ4v) is 3.58. The maximum atomic E-state index is 12.5. The lowest BCUT2D eigenvalue weighted by Crippen LogP contribution is -2.27. The van der Waals surface area contributed by atoms with Crippen molar-refractivity contribution in [1.29, 1.82) is 0 Å². The number of hydrogen-bond donors (Lipinski definition) is 1. The molecular weight excluding hydrogens is 300 g/mol. The van der Waals surface area contributed by atoms with Gasteiger partial charge in [-0.05, 0) is 44.2 Å². The van der Waals surface area contributed by atoms with Crippen molar-refractivity contribution in [2.75, 3.05) is 6.54 Å². The highest BCUT2D eigenvalue weighted by Gasteiger charge is 2.23. The van der Waals surface area contributed by atoms with Crippen LogP contribution in [0, 0.1) is 6.92 Å². The van der Waals surface area contributed by atoms with Gasteiger partial charge in [0.25, 0.3) is 5.91 Å². The van der Waals surface area contributed by atoms with Crippen molar-refractivity contribution in [3.8, 4) is 0 Å². The second kappa shape index (κ2) is 7.60. The topological polar surface area (TPSA) is 59.8 Å². The number of nitrogens with zero attached hydrogens (tertiary/aromatic N) is 3. The highest BCUT2D eigenvalue weighted by molar-refractivity contribution is 5.95. The molecule has 3 rings (SSSR count). The van der Waals surface area contributed by atoms with E-state index in [1.165, 1.54) is 31.2 Å². The van der Waals surface area contributed by atoms with Crippen LogP contribution in [-0.2, 0) is 12.8 Å². The monoisotopic (exact) mass is 326 g/mol. The summed E-state index contributed by atoms with van der Waals surface area (Å²) in [4.78, 5) is 16.8. The molecule has 2 heterocycles. The Bertz CT molecular complexity index is 701. The standard InChI is InChI=1S/C19H26N4O/c1-3-18-17(13-22-23(18)16-8-4-5-9-16)19(24)21-12-10-15-7-6-11-20-14(15)2/h6-7,11,13,16H,3-5,8-10,12H2,1-2H3,(H,21,24). The van der Waals surface area contributed by atoms with Gasteiger partial charge in [0.2, 0.25) is 0 Å². The zero-order valence-corrected chi connectivity index (χ0v) is 14.6. The molecule has 0 unspecified atom stereocenters. The summed E-state index contributed by atoms with van der Waals surface area (Å²) in [5.41, 5.74) is 3.99. The van der Waals surface area contributed by atoms with Crippen LogP contribution in [-0.4, -0.2) is 27.2 Å². The lowest BCUT2D eigenvalue weighted by Gasteiger charge is -2.14. The highest BCUT2D eigenvalue weighted by Crippen LogP contribution is 2.30. The second-order valence-corrected chi connectivity index (χ2v) is 6.50. The normalized spacial score (nSPS) is 14.9. The smallest absolute Gasteiger partial charge is 0.254 e. The van der Waals surface area contributed by atoms with Crippen molar-refractivity contribution in [1.82, 2.24) is 20.1 Å². The average molecular weight is 326 g/mol. The van der Waals surface area contributed by atoms with E-state index in [9.17, 15) is 4.79 Å². The molecule has 0 aromatic carbocycles. The Morgan fingerprint density at radius 1 is 1.38 bits per heavy atom. The second-order valence-electron chi connectivity index (χ2n) is 6.50. The first-order valence-electron chi connectivity index (χ1n) is 8.95. The van der Waals surface area contributed by atoms with Crippen molar-refractivity contribution >= 4 is 5.91 Å². The molecule has 0 aliphatic heterocycles. The predicted molar refractivity (Wildman–Crippen MR) is 94.1 cm³/mol. The summed E-state index contributed by atoms with van der Waals surface area (Å²) in [5, 5.41) is 7.55. The number of aryl methyl sites for hydroxylation is 1. The third kappa shape index (κ3) is 3.50. The number of hydrogen-bond acceptors (Lipinski definition) is 3. The summed E-state index contributed by atoms with van der Waals surface area (Å²) in [5.74, 6) is -0.0161. The number of amides is 1. The van der Waals surface area contributed by atoms with Crippen molar-refractivity contribution in [3.63, 3.8) is 0 Å². The lowest BCUT2D eigenvalue weighted by atomic mass is 10.1. The molecule has 2 aromatic heterocycles. The molecule has 0 bridgehead atoms. The highest BCUT2D eigenvalue weighted by atomic mass is 16.1. The van der Waals surface area contributed by atoms with E-state index in [0.717, 1.165) is 29.8 Å². The zero-order chi connectivity index (χ0) is 16.9. The van der Waals surface area contributed by atoms with Crippen molar-refractivity contribution in [3.05, 3.63) is 47.0 Å². The largest absolute Gasteiger partial charge is 0.352 e. The molecule has 0 atom stereocenters. The molecular formula is C19H26N4O. The van der Waals surface area contributed by atoms with Crippen LogP contribution in [0.1, 0.15) is 66.0 Å². The predicted octanol–water partition coefficient (Wildman–Crippen LogP) is 3.24. The SMILES string of the molecule is CCc1c(C(=O)NCCc2cccnc2C)cnn1C1CCCC1. The van der Waals surface area contributed by atoms with E-state index < -0.39 is 0 Å². The van der Waals surface area contributed by atoms with Crippen molar-refractivity contribution in [2.24, 2.45) is 0 Å². The number of aromatic nitrogens is 3. The van der Waals surface area contributed by atoms with E-state index in [1.807, 2.05) is 13.0 Å². The van der Waals surface area contributed by atoms with E-state index in [-0.39, 0.29) is 5.91 Å². The first-order valence-corrected chi connectivity index (χ1v) is 8.95. The number of carbonyl (C=O) groups is 1. The van der Waals surface area contributed by atoms with Crippen molar-refractivity contribution < 1.29 is 4.79 Å². The maximum absolute atomic E-state index is 12.5. The van der Waals surface area contributed by atoms with Gasteiger partial charge in [0.1, 0.15) is 0 Å². The lowest BCUT2D eigenvalue weighted by molar-refractivity contribution is 0.0953. The van der Waals surface area contributed by atoms with Gasteiger partial charge in [0.05, 0.1) is 23.5 Å². The van der Waals surface area contributed by atoms with Crippen LogP contribution in [0.5, 0.6) is 0 Å². The zero-order valence-electron chi connectivity index (χ0n) is 14.6. The van der Waals surface area contributed by atoms with Gasteiger partial charge in [-0.1, -0.05) is 25.8 Å². The minimum Gasteiger partial charge on any atom is -0.352 e. The molecule has 1 saturated carbocycles. The molecule has 0 radical (unpaired) electrons. The van der Waals surface area contributed by atoms with Gasteiger partial charge in [0, 0.05) is 18.4 Å². The molecule has 128 valence electrons. The Labute approximate surface area is 143 Å². The molecule has 24 heavy (non-hydrogen) atoms. The van der Waals surface area contributed by atoms with Gasteiger partial charge in [-0.3, -0.25) is 14.5 Å². The molecule has 5 heteroatoms. The Morgan fingerprint density at radius 3 is 2.88 bits per heavy atom. The Hall–Kier alpha value is -2.17. The van der Waals surface area contributed by atoms with Gasteiger partial charge in [-0.2, -0.15) is 5.10 Å². The number of pyridine rings is 1. The van der Waals surface area contributed by atoms with Gasteiger partial charge in [0.15, 0.2) is 0 Å². The molecule has 5 nitrogen and oxygen atoms in total. The van der Waals surface area contributed by atoms with E-state index in [2.05, 4.69) is 33.1 Å². The molecule has 1 N–H and O–H groups in total. The first-order chi connectivity index (χ1) is 11.7. The van der Waals surface area contributed by atoms with Gasteiger partial charge in [-0.25, -0.2) is 0 Å². The van der Waals surface area contributed by atoms with Gasteiger partial charge in [-0.15, -0.1) is 0 Å². The summed E-state index contributed by atoms with van der Waals surface area (Å²) in [6.45, 7) is 4.71. The third-order valence-corrected chi connectivity index (χ3v) is 4.95. The van der Waals surface area contributed by atoms with Crippen LogP contribution in [0.25, 0.3) is 0 Å². The minimum absolute atomic E-state index is 0.0161. The minimum atomic E-state index is -0.0161. The van der Waals surface area contributed by atoms with Gasteiger partial charge < -0.3 is 5.32 Å². The summed E-state index contributed by atoms with van der Waals surface area (Å²) in [7, 11) is 0. The van der Waals surface area contributed by atoms with Crippen LogP contribution < -0.4 is 5.32 Å². The van der Waals surface area contributed by atoms with E-state index in [1.54, 1.807) is 12.4 Å². The number of rotatable bonds is 6. The third-order valence-electron chi connectivity index (χ3n) is 4.95. The van der Waals surface area contributed by atoms with Crippen LogP contribution in [0.4, 0.5) is 0 Å². The molecule has 1 fully saturated rings. The molecule has 0 saturated heterocycles. The molecule has 1 amide bonds. The van der Waals surface area contributed by atoms with Crippen LogP contribution in [0.2, 0.25) is 0 Å². The van der Waals surface area contributed by atoms with Crippen LogP contribution in [0.3, 0.4) is 0 Å². The van der Waals surface area contributed by atoms with Crippen molar-refractivity contribution in [2.45, 2.75) is 58.4 Å². The molecule has 1 aliphatic rings. The summed E-state index contributed by atoms with van der Waals surface area (Å²) in [6.07, 6.45) is 10.0. The fraction of sp³-hybridized carbons (Fsp3) is 0.526. The van der Waals surface area contributed by atoms with Crippen LogP contribution in [0.15, 0.2) is 24.5 Å². The summed E-state index contributed by atoms with van der Waals surface area (Å²) >= 11 is 0. The van der Waals surface area contributed by atoms with E-state index in [0.29, 0.717) is 12.6 Å². The van der Waals surface area contributed by atoms with Crippen LogP contribution >= 0.6 is 0 Å². The molecule has 1 aliphatic carbocycles. The van der Waals surface area contributed by atoms with Gasteiger partial charge >= 0.3 is 0 Å². The Morgan fingerprint density at radius 2 is 2.17 bits per heavy atom. The quantitative estimate of drug-likeness (QED) is 0.886. The Kier molecular flexibility index (Phi) is 5.28. The first kappa shape index (κ1) is 16.7. The van der Waals surface area contributed by atoms with E-state index in [4.69, 9.17) is 0 Å². The maximum Gasteiger partial charge on any atom is 0.254 e. The van der Waals surface area contributed by atoms with E-state index >= 15 is 0 Å². The molecule has 2 aromatic rings. The summed E-state index contributed by atoms with van der Waals surface area (Å²) in [6, 6.07) is 4.47. The Balaban J connectivity index is 1.63. The average Bonchev–Trinajstić information content (AvgIpc) is 3.25. The fourth-order valence-electron chi connectivity index (χ4n) is 3.58. The molecule has 0 spiro atoms. The summed E-state index contributed by atoms with van der Waals surface area (Å²) < 4.78 is 2.09. The number of carbonyl (C=O) groups excluding carboxylic acids is 1. The number of nitrogens with one attached hydrogen (secondary N) is 1.